The van der Waals surface area contributed by atoms with Gasteiger partial charge in [-0.05, 0) is 0 Å². The van der Waals surface area contributed by atoms with Gasteiger partial charge >= 0.3 is 6.18 Å². The Balaban J connectivity index is 3.13. The van der Waals surface area contributed by atoms with Crippen molar-refractivity contribution in [3.63, 3.8) is 0 Å². The van der Waals surface area contributed by atoms with Crippen molar-refractivity contribution in [3.05, 3.63) is 17.5 Å². The quantitative estimate of drug-likeness (QED) is 0.696. The summed E-state index contributed by atoms with van der Waals surface area (Å²) < 4.78 is 37.5. The number of rotatable bonds is 1. The summed E-state index contributed by atoms with van der Waals surface area (Å²) in [6.45, 7) is -0.199. The summed E-state index contributed by atoms with van der Waals surface area (Å²) >= 11 is 0. The van der Waals surface area contributed by atoms with Gasteiger partial charge in [-0.15, -0.1) is 0 Å². The van der Waals surface area contributed by atoms with Crippen LogP contribution in [0.4, 0.5) is 13.2 Å². The van der Waals surface area contributed by atoms with Gasteiger partial charge in [0.2, 0.25) is 0 Å². The van der Waals surface area contributed by atoms with Crippen LogP contribution < -0.4 is 5.73 Å². The molecule has 2 N–H and O–H groups in total. The lowest BCUT2D eigenvalue weighted by atomic mass is 10.2. The predicted molar refractivity (Wildman–Crippen MR) is 36.1 cm³/mol. The van der Waals surface area contributed by atoms with Gasteiger partial charge in [0.05, 0.1) is 11.3 Å². The van der Waals surface area contributed by atoms with E-state index in [0.29, 0.717) is 0 Å². The van der Waals surface area contributed by atoms with Crippen LogP contribution in [0.1, 0.15) is 11.3 Å². The second kappa shape index (κ2) is 2.78. The molecule has 3 nitrogen and oxygen atoms in total. The first kappa shape index (κ1) is 9.05. The van der Waals surface area contributed by atoms with Crippen LogP contribution in [0.3, 0.4) is 0 Å². The molecule has 0 aliphatic carbocycles. The molecule has 6 heteroatoms. The molecule has 0 spiro atoms. The molecule has 1 rings (SSSR count). The first-order chi connectivity index (χ1) is 5.45. The van der Waals surface area contributed by atoms with E-state index >= 15 is 0 Å². The summed E-state index contributed by atoms with van der Waals surface area (Å²) in [5.41, 5.74) is 4.21. The molecule has 1 aromatic rings. The number of hydrogen-bond donors (Lipinski definition) is 1. The van der Waals surface area contributed by atoms with E-state index in [4.69, 9.17) is 5.73 Å². The van der Waals surface area contributed by atoms with E-state index in [1.807, 2.05) is 0 Å². The molecule has 0 atom stereocenters. The molecule has 0 unspecified atom stereocenters. The molecule has 0 amide bonds. The number of nitrogens with two attached hydrogens (primary N) is 1. The zero-order valence-corrected chi connectivity index (χ0v) is 6.39. The number of halogens is 3. The Kier molecular flexibility index (Phi) is 2.10. The Labute approximate surface area is 67.0 Å². The summed E-state index contributed by atoms with van der Waals surface area (Å²) in [6.07, 6.45) is -3.44. The maximum Gasteiger partial charge on any atom is 0.419 e. The van der Waals surface area contributed by atoms with Gasteiger partial charge in [-0.3, -0.25) is 4.68 Å². The van der Waals surface area contributed by atoms with Crippen LogP contribution >= 0.6 is 0 Å². The average molecular weight is 179 g/mol. The molecule has 0 aromatic carbocycles. The first-order valence-electron chi connectivity index (χ1n) is 3.25. The van der Waals surface area contributed by atoms with Gasteiger partial charge < -0.3 is 5.73 Å². The predicted octanol–water partition coefficient (Wildman–Crippen LogP) is 0.898. The molecule has 0 saturated carbocycles. The van der Waals surface area contributed by atoms with Crippen LogP contribution in [0, 0.1) is 0 Å². The van der Waals surface area contributed by atoms with Crippen LogP contribution in [-0.2, 0) is 19.8 Å². The standard InChI is InChI=1S/C6H8F3N3/c1-12-3-4(6(7,8)9)5(2-10)11-12/h3H,2,10H2,1H3. The van der Waals surface area contributed by atoms with Crippen LogP contribution in [0.2, 0.25) is 0 Å². The highest BCUT2D eigenvalue weighted by Crippen LogP contribution is 2.30. The monoisotopic (exact) mass is 179 g/mol. The van der Waals surface area contributed by atoms with Gasteiger partial charge in [0.1, 0.15) is 0 Å². The van der Waals surface area contributed by atoms with E-state index in [9.17, 15) is 13.2 Å². The van der Waals surface area contributed by atoms with Crippen LogP contribution in [0.25, 0.3) is 0 Å². The maximum absolute atomic E-state index is 12.1. The minimum Gasteiger partial charge on any atom is -0.325 e. The van der Waals surface area contributed by atoms with E-state index < -0.39 is 11.7 Å². The summed E-state index contributed by atoms with van der Waals surface area (Å²) in [5, 5.41) is 3.57. The van der Waals surface area contributed by atoms with Crippen molar-refractivity contribution in [2.45, 2.75) is 12.7 Å². The van der Waals surface area contributed by atoms with Crippen molar-refractivity contribution in [1.82, 2.24) is 9.78 Å². The van der Waals surface area contributed by atoms with Crippen LogP contribution in [0.5, 0.6) is 0 Å². The molecule has 0 bridgehead atoms. The number of nitrogens with zero attached hydrogens (tertiary/aromatic N) is 2. The number of alkyl halides is 3. The van der Waals surface area contributed by atoms with Crippen LogP contribution in [0.15, 0.2) is 6.20 Å². The lowest BCUT2D eigenvalue weighted by Gasteiger charge is -2.03. The molecule has 0 radical (unpaired) electrons. The highest BCUT2D eigenvalue weighted by molar-refractivity contribution is 5.20. The van der Waals surface area contributed by atoms with Gasteiger partial charge in [-0.2, -0.15) is 18.3 Å². The average Bonchev–Trinajstić information content (AvgIpc) is 2.29. The Morgan fingerprint density at radius 1 is 1.58 bits per heavy atom. The van der Waals surface area contributed by atoms with Crippen molar-refractivity contribution in [2.24, 2.45) is 12.8 Å². The molecule has 68 valence electrons. The van der Waals surface area contributed by atoms with Crippen LogP contribution in [-0.4, -0.2) is 9.78 Å². The third-order valence-corrected chi connectivity index (χ3v) is 1.40. The first-order valence-corrected chi connectivity index (χ1v) is 3.25. The van der Waals surface area contributed by atoms with Gasteiger partial charge in [-0.1, -0.05) is 0 Å². The Morgan fingerprint density at radius 2 is 2.17 bits per heavy atom. The smallest absolute Gasteiger partial charge is 0.325 e. The van der Waals surface area contributed by atoms with Gasteiger partial charge in [0.25, 0.3) is 0 Å². The normalized spacial score (nSPS) is 12.1. The second-order valence-corrected chi connectivity index (χ2v) is 2.37. The SMILES string of the molecule is Cn1cc(C(F)(F)F)c(CN)n1. The van der Waals surface area contributed by atoms with E-state index in [-0.39, 0.29) is 12.2 Å². The Hall–Kier alpha value is -1.04. The maximum atomic E-state index is 12.1. The van der Waals surface area contributed by atoms with E-state index in [1.54, 1.807) is 0 Å². The highest BCUT2D eigenvalue weighted by atomic mass is 19.4. The molecule has 0 aliphatic rings. The summed E-state index contributed by atoms with van der Waals surface area (Å²) in [5.74, 6) is 0. The molecular weight excluding hydrogens is 171 g/mol. The zero-order chi connectivity index (χ0) is 9.35. The molecule has 1 heterocycles. The molecule has 0 aliphatic heterocycles. The number of aromatic nitrogens is 2. The lowest BCUT2D eigenvalue weighted by molar-refractivity contribution is -0.138. The van der Waals surface area contributed by atoms with Crippen molar-refractivity contribution in [2.75, 3.05) is 0 Å². The molecule has 0 fully saturated rings. The topological polar surface area (TPSA) is 43.8 Å². The minimum atomic E-state index is -4.36. The Morgan fingerprint density at radius 3 is 2.50 bits per heavy atom. The van der Waals surface area contributed by atoms with E-state index in [1.165, 1.54) is 7.05 Å². The van der Waals surface area contributed by atoms with Gasteiger partial charge in [-0.25, -0.2) is 0 Å². The van der Waals surface area contributed by atoms with Crippen molar-refractivity contribution < 1.29 is 13.2 Å². The number of hydrogen-bond acceptors (Lipinski definition) is 2. The Bertz CT molecular complexity index is 276. The third kappa shape index (κ3) is 1.58. The fourth-order valence-corrected chi connectivity index (χ4v) is 0.922. The summed E-state index contributed by atoms with van der Waals surface area (Å²) in [6, 6.07) is 0. The van der Waals surface area contributed by atoms with Crippen molar-refractivity contribution >= 4 is 0 Å². The largest absolute Gasteiger partial charge is 0.419 e. The minimum absolute atomic E-state index is 0.120. The summed E-state index contributed by atoms with van der Waals surface area (Å²) in [7, 11) is 1.42. The third-order valence-electron chi connectivity index (χ3n) is 1.40. The van der Waals surface area contributed by atoms with Gasteiger partial charge in [0, 0.05) is 19.8 Å². The van der Waals surface area contributed by atoms with Crippen molar-refractivity contribution in [1.29, 1.82) is 0 Å². The van der Waals surface area contributed by atoms with E-state index in [0.717, 1.165) is 10.9 Å². The van der Waals surface area contributed by atoms with E-state index in [2.05, 4.69) is 5.10 Å². The fraction of sp³-hybridized carbons (Fsp3) is 0.500. The summed E-state index contributed by atoms with van der Waals surface area (Å²) in [4.78, 5) is 0. The molecular formula is C6H8F3N3. The fourth-order valence-electron chi connectivity index (χ4n) is 0.922. The molecule has 12 heavy (non-hydrogen) atoms. The number of aryl methyl sites for hydroxylation is 1. The lowest BCUT2D eigenvalue weighted by Crippen LogP contribution is -2.09. The molecule has 1 aromatic heterocycles. The highest BCUT2D eigenvalue weighted by Gasteiger charge is 2.35. The second-order valence-electron chi connectivity index (χ2n) is 2.37. The van der Waals surface area contributed by atoms with Crippen molar-refractivity contribution in [3.8, 4) is 0 Å². The molecule has 0 saturated heterocycles. The zero-order valence-electron chi connectivity index (χ0n) is 6.39. The van der Waals surface area contributed by atoms with Gasteiger partial charge in [0.15, 0.2) is 0 Å².